The molecule has 0 radical (unpaired) electrons. The van der Waals surface area contributed by atoms with Gasteiger partial charge in [-0.15, -0.1) is 0 Å². The minimum atomic E-state index is -5.18. The minimum Gasteiger partial charge on any atom is -0.480 e. The Labute approximate surface area is 139 Å². The Bertz CT molecular complexity index is 712. The third-order valence-corrected chi connectivity index (χ3v) is 2.91. The molecule has 0 fully saturated rings. The first-order valence-corrected chi connectivity index (χ1v) is 8.12. The number of rotatable bonds is 6. The highest BCUT2D eigenvalue weighted by Gasteiger charge is 2.24. The number of hydrogen-bond acceptors (Lipinski definition) is 6. The van der Waals surface area contributed by atoms with Crippen LogP contribution in [-0.4, -0.2) is 37.2 Å². The van der Waals surface area contributed by atoms with Gasteiger partial charge in [0.25, 0.3) is 0 Å². The van der Waals surface area contributed by atoms with E-state index in [1.165, 1.54) is 18.2 Å². The zero-order valence-corrected chi connectivity index (χ0v) is 14.1. The average molecular weight is 363 g/mol. The van der Waals surface area contributed by atoms with Crippen LogP contribution in [0.1, 0.15) is 26.3 Å². The summed E-state index contributed by atoms with van der Waals surface area (Å²) in [4.78, 5) is 22.9. The summed E-state index contributed by atoms with van der Waals surface area (Å²) in [5, 5.41) is 11.4. The van der Waals surface area contributed by atoms with Gasteiger partial charge in [-0.1, -0.05) is 16.0 Å². The molecule has 1 amide bonds. The normalized spacial score (nSPS) is 13.0. The van der Waals surface area contributed by atoms with Crippen molar-refractivity contribution in [3.05, 3.63) is 29.8 Å². The zero-order chi connectivity index (χ0) is 18.5. The number of carboxylic acids is 1. The Kier molecular flexibility index (Phi) is 6.13. The molecule has 0 saturated heterocycles. The maximum absolute atomic E-state index is 12.5. The van der Waals surface area contributed by atoms with Crippen LogP contribution in [0.25, 0.3) is 0 Å². The van der Waals surface area contributed by atoms with E-state index in [1.807, 2.05) is 0 Å². The molecule has 0 saturated carbocycles. The molecule has 0 aliphatic heterocycles. The molecule has 0 aliphatic rings. The van der Waals surface area contributed by atoms with Gasteiger partial charge in [0, 0.05) is 6.42 Å². The summed E-state index contributed by atoms with van der Waals surface area (Å²) < 4.78 is 42.5. The fraction of sp³-hybridized carbons (Fsp3) is 0.429. The molecule has 10 heteroatoms. The first-order chi connectivity index (χ1) is 10.9. The van der Waals surface area contributed by atoms with Gasteiger partial charge in [0.2, 0.25) is 0 Å². The number of hydrogen-bond donors (Lipinski definition) is 2. The van der Waals surface area contributed by atoms with Crippen molar-refractivity contribution in [2.75, 3.05) is 0 Å². The number of carbonyl (C=O) groups is 2. The second-order valence-electron chi connectivity index (χ2n) is 5.87. The quantitative estimate of drug-likeness (QED) is 0.740. The van der Waals surface area contributed by atoms with Gasteiger partial charge in [-0.2, -0.15) is 8.42 Å². The number of nitrogens with one attached hydrogen (secondary N) is 1. The molecular formula is C14H18FNO7S. The van der Waals surface area contributed by atoms with Gasteiger partial charge in [-0.3, -0.25) is 0 Å². The Morgan fingerprint density at radius 2 is 1.96 bits per heavy atom. The Morgan fingerprint density at radius 1 is 1.33 bits per heavy atom. The topological polar surface area (TPSA) is 119 Å². The fourth-order valence-corrected chi connectivity index (χ4v) is 2.06. The van der Waals surface area contributed by atoms with E-state index in [1.54, 1.807) is 20.8 Å². The molecular weight excluding hydrogens is 345 g/mol. The van der Waals surface area contributed by atoms with Gasteiger partial charge >= 0.3 is 22.6 Å². The molecule has 0 aliphatic carbocycles. The van der Waals surface area contributed by atoms with E-state index in [-0.39, 0.29) is 12.2 Å². The van der Waals surface area contributed by atoms with Crippen molar-refractivity contribution >= 4 is 22.6 Å². The summed E-state index contributed by atoms with van der Waals surface area (Å²) in [5.74, 6) is -1.62. The van der Waals surface area contributed by atoms with Crippen molar-refractivity contribution in [1.29, 1.82) is 0 Å². The maximum Gasteiger partial charge on any atom is 0.488 e. The smallest absolute Gasteiger partial charge is 0.480 e. The SMILES string of the molecule is CC(C)(C)OC(=O)NC(Cc1cccc(OS(=O)(=O)F)c1)C(=O)O. The summed E-state index contributed by atoms with van der Waals surface area (Å²) in [6.07, 6.45) is -1.09. The number of benzene rings is 1. The van der Waals surface area contributed by atoms with Gasteiger partial charge in [-0.25, -0.2) is 9.59 Å². The summed E-state index contributed by atoms with van der Waals surface area (Å²) in [7, 11) is -5.18. The second-order valence-corrected chi connectivity index (χ2v) is 6.82. The highest BCUT2D eigenvalue weighted by molar-refractivity contribution is 7.81. The van der Waals surface area contributed by atoms with Crippen LogP contribution in [-0.2, 0) is 26.5 Å². The van der Waals surface area contributed by atoms with E-state index in [0.29, 0.717) is 5.56 Å². The van der Waals surface area contributed by atoms with Crippen LogP contribution in [0.5, 0.6) is 5.75 Å². The van der Waals surface area contributed by atoms with E-state index in [4.69, 9.17) is 4.74 Å². The largest absolute Gasteiger partial charge is 0.488 e. The predicted molar refractivity (Wildman–Crippen MR) is 81.6 cm³/mol. The number of carboxylic acid groups (broad SMARTS) is 1. The number of alkyl carbamates (subject to hydrolysis) is 1. The molecule has 24 heavy (non-hydrogen) atoms. The summed E-state index contributed by atoms with van der Waals surface area (Å²) in [6.45, 7) is 4.88. The van der Waals surface area contributed by atoms with E-state index in [2.05, 4.69) is 9.50 Å². The Hall–Kier alpha value is -2.36. The van der Waals surface area contributed by atoms with Gasteiger partial charge in [-0.05, 0) is 38.5 Å². The number of carbonyl (C=O) groups excluding carboxylic acids is 1. The Balaban J connectivity index is 2.84. The minimum absolute atomic E-state index is 0.182. The van der Waals surface area contributed by atoms with Crippen molar-refractivity contribution in [3.8, 4) is 5.75 Å². The fourth-order valence-electron chi connectivity index (χ4n) is 1.72. The predicted octanol–water partition coefficient (Wildman–Crippen LogP) is 1.80. The molecule has 134 valence electrons. The van der Waals surface area contributed by atoms with Crippen LogP contribution < -0.4 is 9.50 Å². The molecule has 1 atom stereocenters. The van der Waals surface area contributed by atoms with Gasteiger partial charge in [0.1, 0.15) is 17.4 Å². The molecule has 1 rings (SSSR count). The van der Waals surface area contributed by atoms with E-state index < -0.39 is 34.2 Å². The van der Waals surface area contributed by atoms with Crippen molar-refractivity contribution in [1.82, 2.24) is 5.32 Å². The molecule has 8 nitrogen and oxygen atoms in total. The maximum atomic E-state index is 12.5. The van der Waals surface area contributed by atoms with Crippen molar-refractivity contribution in [2.45, 2.75) is 38.8 Å². The summed E-state index contributed by atoms with van der Waals surface area (Å²) in [6, 6.07) is 3.87. The highest BCUT2D eigenvalue weighted by atomic mass is 32.3. The zero-order valence-electron chi connectivity index (χ0n) is 13.3. The number of halogens is 1. The molecule has 0 aromatic heterocycles. The van der Waals surface area contributed by atoms with Crippen LogP contribution in [0.4, 0.5) is 8.68 Å². The lowest BCUT2D eigenvalue weighted by atomic mass is 10.1. The number of ether oxygens (including phenoxy) is 1. The average Bonchev–Trinajstić information content (AvgIpc) is 2.33. The molecule has 0 bridgehead atoms. The van der Waals surface area contributed by atoms with Gasteiger partial charge < -0.3 is 19.3 Å². The third-order valence-electron chi connectivity index (χ3n) is 2.52. The van der Waals surface area contributed by atoms with Crippen LogP contribution >= 0.6 is 0 Å². The van der Waals surface area contributed by atoms with Crippen LogP contribution in [0, 0.1) is 0 Å². The van der Waals surface area contributed by atoms with Crippen molar-refractivity contribution < 1.29 is 35.9 Å². The monoisotopic (exact) mass is 363 g/mol. The molecule has 1 unspecified atom stereocenters. The highest BCUT2D eigenvalue weighted by Crippen LogP contribution is 2.17. The first kappa shape index (κ1) is 19.7. The van der Waals surface area contributed by atoms with E-state index >= 15 is 0 Å². The second kappa shape index (κ2) is 7.47. The molecule has 1 aromatic carbocycles. The molecule has 2 N–H and O–H groups in total. The molecule has 0 heterocycles. The van der Waals surface area contributed by atoms with Crippen LogP contribution in [0.2, 0.25) is 0 Å². The van der Waals surface area contributed by atoms with Crippen molar-refractivity contribution in [3.63, 3.8) is 0 Å². The third kappa shape index (κ3) is 7.77. The van der Waals surface area contributed by atoms with E-state index in [0.717, 1.165) is 6.07 Å². The van der Waals surface area contributed by atoms with Crippen LogP contribution in [0.15, 0.2) is 24.3 Å². The molecule has 0 spiro atoms. The Morgan fingerprint density at radius 3 is 2.46 bits per heavy atom. The van der Waals surface area contributed by atoms with Crippen LogP contribution in [0.3, 0.4) is 0 Å². The van der Waals surface area contributed by atoms with Gasteiger partial charge in [0.15, 0.2) is 0 Å². The summed E-state index contributed by atoms with van der Waals surface area (Å²) in [5.41, 5.74) is -0.476. The number of aliphatic carboxylic acids is 1. The van der Waals surface area contributed by atoms with Crippen molar-refractivity contribution in [2.24, 2.45) is 0 Å². The molecule has 1 aromatic rings. The van der Waals surface area contributed by atoms with E-state index in [9.17, 15) is 27.0 Å². The van der Waals surface area contributed by atoms with Gasteiger partial charge in [0.05, 0.1) is 0 Å². The standard InChI is InChI=1S/C14H18FNO7S/c1-14(2,3)22-13(19)16-11(12(17)18)8-9-5-4-6-10(7-9)23-24(15,20)21/h4-7,11H,8H2,1-3H3,(H,16,19)(H,17,18). The first-order valence-electron chi connectivity index (χ1n) is 6.81. The summed E-state index contributed by atoms with van der Waals surface area (Å²) >= 11 is 0. The number of amides is 1. The lowest BCUT2D eigenvalue weighted by Crippen LogP contribution is -2.44. The lowest BCUT2D eigenvalue weighted by Gasteiger charge is -2.22. The lowest BCUT2D eigenvalue weighted by molar-refractivity contribution is -0.139.